The summed E-state index contributed by atoms with van der Waals surface area (Å²) in [5, 5.41) is 18.0. The van der Waals surface area contributed by atoms with E-state index in [1.54, 1.807) is 13.8 Å². The molecule has 1 N–H and O–H groups in total. The van der Waals surface area contributed by atoms with Crippen molar-refractivity contribution in [1.29, 1.82) is 0 Å². The van der Waals surface area contributed by atoms with Crippen LogP contribution in [0.3, 0.4) is 0 Å². The number of anilines is 1. The van der Waals surface area contributed by atoms with E-state index in [0.29, 0.717) is 10.6 Å². The van der Waals surface area contributed by atoms with Gasteiger partial charge in [0, 0.05) is 11.9 Å². The van der Waals surface area contributed by atoms with Gasteiger partial charge in [-0.3, -0.25) is 19.6 Å². The zero-order valence-corrected chi connectivity index (χ0v) is 16.1. The zero-order valence-electron chi connectivity index (χ0n) is 15.3. The Morgan fingerprint density at radius 2 is 2.07 bits per heavy atom. The topological polar surface area (TPSA) is 116 Å². The predicted octanol–water partition coefficient (Wildman–Crippen LogP) is 3.09. The fourth-order valence-electron chi connectivity index (χ4n) is 3.13. The molecular formula is C17H20N4O5S. The van der Waals surface area contributed by atoms with Crippen LogP contribution >= 0.6 is 11.3 Å². The molecule has 0 spiro atoms. The molecule has 0 bridgehead atoms. The molecule has 0 saturated carbocycles. The molecule has 144 valence electrons. The van der Waals surface area contributed by atoms with Gasteiger partial charge >= 0.3 is 11.7 Å². The number of hydrogen-bond acceptors (Lipinski definition) is 7. The van der Waals surface area contributed by atoms with E-state index in [1.807, 2.05) is 0 Å². The van der Waals surface area contributed by atoms with Crippen LogP contribution in [0.25, 0.3) is 0 Å². The summed E-state index contributed by atoms with van der Waals surface area (Å²) in [4.78, 5) is 36.9. The third kappa shape index (κ3) is 3.70. The quantitative estimate of drug-likeness (QED) is 0.475. The molecule has 9 nitrogen and oxygen atoms in total. The fourth-order valence-corrected chi connectivity index (χ4v) is 4.40. The summed E-state index contributed by atoms with van der Waals surface area (Å²) >= 11 is 1.33. The molecule has 0 atom stereocenters. The average molecular weight is 392 g/mol. The number of hydrogen-bond donors (Lipinski definition) is 1. The Balaban J connectivity index is 1.98. The van der Waals surface area contributed by atoms with Crippen molar-refractivity contribution in [1.82, 2.24) is 9.78 Å². The van der Waals surface area contributed by atoms with Crippen molar-refractivity contribution in [2.45, 2.75) is 45.6 Å². The highest BCUT2D eigenvalue weighted by Gasteiger charge is 2.31. The van der Waals surface area contributed by atoms with E-state index >= 15 is 0 Å². The number of nitrogens with one attached hydrogen (secondary N) is 1. The van der Waals surface area contributed by atoms with Crippen molar-refractivity contribution in [2.75, 3.05) is 5.32 Å². The number of carbonyl (C=O) groups is 2. The second-order valence-electron chi connectivity index (χ2n) is 6.58. The van der Waals surface area contributed by atoms with Gasteiger partial charge in [-0.2, -0.15) is 5.10 Å². The third-order valence-corrected chi connectivity index (χ3v) is 5.48. The molecule has 0 aromatic carbocycles. The molecule has 0 unspecified atom stereocenters. The minimum atomic E-state index is -0.682. The molecule has 1 aliphatic carbocycles. The SMILES string of the molecule is CC(C)OC(=O)c1c(NC(=O)c2c([N+](=O)[O-])cnn2C)sc2c1CCCC2. The fraction of sp³-hybridized carbons (Fsp3) is 0.471. The number of nitrogens with zero attached hydrogens (tertiary/aromatic N) is 3. The van der Waals surface area contributed by atoms with Crippen molar-refractivity contribution in [3.05, 3.63) is 38.0 Å². The normalized spacial score (nSPS) is 13.3. The number of thiophene rings is 1. The van der Waals surface area contributed by atoms with Gasteiger partial charge in [0.05, 0.1) is 16.6 Å². The zero-order chi connectivity index (χ0) is 19.7. The molecule has 10 heteroatoms. The first kappa shape index (κ1) is 19.0. The van der Waals surface area contributed by atoms with Crippen LogP contribution in [-0.2, 0) is 24.6 Å². The summed E-state index contributed by atoms with van der Waals surface area (Å²) in [6.45, 7) is 3.52. The van der Waals surface area contributed by atoms with E-state index in [-0.39, 0.29) is 17.5 Å². The molecule has 0 saturated heterocycles. The maximum Gasteiger partial charge on any atom is 0.341 e. The molecule has 2 heterocycles. The maximum atomic E-state index is 12.7. The Bertz CT molecular complexity index is 915. The molecule has 0 aliphatic heterocycles. The Morgan fingerprint density at radius 1 is 1.37 bits per heavy atom. The van der Waals surface area contributed by atoms with Crippen molar-refractivity contribution in [3.8, 4) is 0 Å². The first-order valence-electron chi connectivity index (χ1n) is 8.62. The summed E-state index contributed by atoms with van der Waals surface area (Å²) < 4.78 is 6.50. The third-order valence-electron chi connectivity index (χ3n) is 4.28. The highest BCUT2D eigenvalue weighted by molar-refractivity contribution is 7.17. The van der Waals surface area contributed by atoms with Crippen molar-refractivity contribution >= 4 is 33.9 Å². The number of rotatable bonds is 5. The summed E-state index contributed by atoms with van der Waals surface area (Å²) in [6.07, 6.45) is 4.31. The minimum absolute atomic E-state index is 0.172. The number of nitro groups is 1. The number of aromatic nitrogens is 2. The Labute approximate surface area is 159 Å². The largest absolute Gasteiger partial charge is 0.459 e. The molecule has 27 heavy (non-hydrogen) atoms. The van der Waals surface area contributed by atoms with Gasteiger partial charge in [0.25, 0.3) is 5.91 Å². The lowest BCUT2D eigenvalue weighted by molar-refractivity contribution is -0.385. The van der Waals surface area contributed by atoms with E-state index < -0.39 is 16.8 Å². The van der Waals surface area contributed by atoms with Gasteiger partial charge in [0.1, 0.15) is 11.2 Å². The summed E-state index contributed by atoms with van der Waals surface area (Å²) in [5.74, 6) is -1.17. The molecule has 2 aromatic rings. The number of ether oxygens (including phenoxy) is 1. The molecule has 3 rings (SSSR count). The predicted molar refractivity (Wildman–Crippen MR) is 99.3 cm³/mol. The summed E-state index contributed by atoms with van der Waals surface area (Å²) in [5.41, 5.74) is 0.713. The Kier molecular flexibility index (Phi) is 5.26. The molecule has 1 aliphatic rings. The molecule has 0 fully saturated rings. The van der Waals surface area contributed by atoms with Crippen LogP contribution in [0.1, 0.15) is 58.0 Å². The van der Waals surface area contributed by atoms with Crippen LogP contribution in [0.5, 0.6) is 0 Å². The maximum absolute atomic E-state index is 12.7. The number of aryl methyl sites for hydroxylation is 2. The molecule has 0 radical (unpaired) electrons. The Morgan fingerprint density at radius 3 is 2.74 bits per heavy atom. The van der Waals surface area contributed by atoms with Gasteiger partial charge in [-0.1, -0.05) is 0 Å². The van der Waals surface area contributed by atoms with E-state index in [0.717, 1.165) is 47.0 Å². The van der Waals surface area contributed by atoms with Crippen molar-refractivity contribution in [3.63, 3.8) is 0 Å². The van der Waals surface area contributed by atoms with E-state index in [2.05, 4.69) is 10.4 Å². The van der Waals surface area contributed by atoms with Crippen LogP contribution in [0.4, 0.5) is 10.7 Å². The van der Waals surface area contributed by atoms with Gasteiger partial charge in [0.2, 0.25) is 5.69 Å². The summed E-state index contributed by atoms with van der Waals surface area (Å²) in [7, 11) is 1.45. The number of fused-ring (bicyclic) bond motifs is 1. The van der Waals surface area contributed by atoms with Crippen molar-refractivity contribution < 1.29 is 19.2 Å². The van der Waals surface area contributed by atoms with Crippen LogP contribution in [-0.4, -0.2) is 32.7 Å². The first-order valence-corrected chi connectivity index (χ1v) is 9.44. The van der Waals surface area contributed by atoms with Crippen LogP contribution in [0, 0.1) is 10.1 Å². The molecular weight excluding hydrogens is 372 g/mol. The van der Waals surface area contributed by atoms with Gasteiger partial charge < -0.3 is 10.1 Å². The van der Waals surface area contributed by atoms with E-state index in [4.69, 9.17) is 4.74 Å². The van der Waals surface area contributed by atoms with Crippen molar-refractivity contribution in [2.24, 2.45) is 7.05 Å². The lowest BCUT2D eigenvalue weighted by atomic mass is 9.95. The number of esters is 1. The van der Waals surface area contributed by atoms with Crippen LogP contribution in [0.2, 0.25) is 0 Å². The van der Waals surface area contributed by atoms with Gasteiger partial charge in [-0.05, 0) is 45.1 Å². The van der Waals surface area contributed by atoms with E-state index in [1.165, 1.54) is 18.4 Å². The average Bonchev–Trinajstić information content (AvgIpc) is 3.14. The molecule has 1 amide bonds. The monoisotopic (exact) mass is 392 g/mol. The van der Waals surface area contributed by atoms with Gasteiger partial charge in [0.15, 0.2) is 0 Å². The highest BCUT2D eigenvalue weighted by atomic mass is 32.1. The standard InChI is InChI=1S/C17H20N4O5S/c1-9(2)26-17(23)13-10-6-4-5-7-12(10)27-16(13)19-15(22)14-11(21(24)25)8-18-20(14)3/h8-9H,4-7H2,1-3H3,(H,19,22). The number of carbonyl (C=O) groups excluding carboxylic acids is 2. The lowest BCUT2D eigenvalue weighted by Gasteiger charge is -2.14. The van der Waals surface area contributed by atoms with Gasteiger partial charge in [-0.25, -0.2) is 4.79 Å². The number of amides is 1. The molecule has 2 aromatic heterocycles. The second-order valence-corrected chi connectivity index (χ2v) is 7.69. The highest BCUT2D eigenvalue weighted by Crippen LogP contribution is 2.39. The van der Waals surface area contributed by atoms with Crippen LogP contribution < -0.4 is 5.32 Å². The first-order chi connectivity index (χ1) is 12.8. The minimum Gasteiger partial charge on any atom is -0.459 e. The lowest BCUT2D eigenvalue weighted by Crippen LogP contribution is -2.20. The Hall–Kier alpha value is -2.75. The van der Waals surface area contributed by atoms with E-state index in [9.17, 15) is 19.7 Å². The van der Waals surface area contributed by atoms with Gasteiger partial charge in [-0.15, -0.1) is 11.3 Å². The van der Waals surface area contributed by atoms with Crippen LogP contribution in [0.15, 0.2) is 6.20 Å². The smallest absolute Gasteiger partial charge is 0.341 e. The second kappa shape index (κ2) is 7.47. The summed E-state index contributed by atoms with van der Waals surface area (Å²) in [6, 6.07) is 0.